The predicted molar refractivity (Wildman–Crippen MR) is 98.8 cm³/mol. The number of guanidine groups is 1. The molecule has 0 aromatic carbocycles. The van der Waals surface area contributed by atoms with Gasteiger partial charge in [-0.05, 0) is 18.9 Å². The Hall–Kier alpha value is -0.870. The van der Waals surface area contributed by atoms with Crippen molar-refractivity contribution in [2.75, 3.05) is 40.5 Å². The molecule has 1 aromatic heterocycles. The number of rotatable bonds is 10. The van der Waals surface area contributed by atoms with Crippen molar-refractivity contribution in [3.8, 4) is 0 Å². The van der Waals surface area contributed by atoms with E-state index < -0.39 is 0 Å². The number of aromatic nitrogens is 2. The quantitative estimate of drug-likeness (QED) is 0.255. The van der Waals surface area contributed by atoms with E-state index in [0.29, 0.717) is 19.8 Å². The van der Waals surface area contributed by atoms with Gasteiger partial charge < -0.3 is 20.1 Å². The number of unbranched alkanes of at least 4 members (excludes halogenated alkanes) is 1. The van der Waals surface area contributed by atoms with Gasteiger partial charge in [0.05, 0.1) is 25.5 Å². The first-order valence-electron chi connectivity index (χ1n) is 7.26. The van der Waals surface area contributed by atoms with Gasteiger partial charge in [-0.3, -0.25) is 9.67 Å². The first-order valence-corrected chi connectivity index (χ1v) is 7.26. The molecule has 0 unspecified atom stereocenters. The van der Waals surface area contributed by atoms with E-state index in [1.165, 1.54) is 0 Å². The van der Waals surface area contributed by atoms with E-state index in [1.54, 1.807) is 20.4 Å². The van der Waals surface area contributed by atoms with Crippen molar-refractivity contribution < 1.29 is 9.47 Å². The number of hydrogen-bond acceptors (Lipinski definition) is 4. The van der Waals surface area contributed by atoms with Crippen LogP contribution in [-0.2, 0) is 23.1 Å². The highest BCUT2D eigenvalue weighted by Gasteiger charge is 2.00. The van der Waals surface area contributed by atoms with Gasteiger partial charge in [-0.2, -0.15) is 5.10 Å². The Bertz CT molecular complexity index is 412. The highest BCUT2D eigenvalue weighted by Crippen LogP contribution is 1.94. The van der Waals surface area contributed by atoms with Crippen molar-refractivity contribution in [2.45, 2.75) is 19.4 Å². The zero-order valence-corrected chi connectivity index (χ0v) is 16.0. The monoisotopic (exact) mass is 425 g/mol. The SMILES string of the molecule is CN=C(NCCCCOCCOC)NCc1ccnn1C.I. The van der Waals surface area contributed by atoms with Crippen LogP contribution in [-0.4, -0.2) is 56.3 Å². The van der Waals surface area contributed by atoms with Crippen LogP contribution in [0.4, 0.5) is 0 Å². The van der Waals surface area contributed by atoms with Gasteiger partial charge >= 0.3 is 0 Å². The lowest BCUT2D eigenvalue weighted by Crippen LogP contribution is -2.37. The van der Waals surface area contributed by atoms with E-state index in [1.807, 2.05) is 17.8 Å². The standard InChI is InChI=1S/C14H27N5O2.HI/c1-15-14(17-12-13-6-8-18-19(13)2)16-7-4-5-9-21-11-10-20-3;/h6,8H,4-5,7,9-12H2,1-3H3,(H2,15,16,17);1H. The first kappa shape index (κ1) is 21.1. The molecule has 0 amide bonds. The molecule has 7 nitrogen and oxygen atoms in total. The lowest BCUT2D eigenvalue weighted by molar-refractivity contribution is 0.0689. The molecule has 128 valence electrons. The number of ether oxygens (including phenoxy) is 2. The fourth-order valence-corrected chi connectivity index (χ4v) is 1.75. The van der Waals surface area contributed by atoms with E-state index >= 15 is 0 Å². The Morgan fingerprint density at radius 1 is 1.27 bits per heavy atom. The molecule has 0 aliphatic heterocycles. The van der Waals surface area contributed by atoms with Gasteiger partial charge in [0.1, 0.15) is 0 Å². The number of methoxy groups -OCH3 is 1. The molecular weight excluding hydrogens is 397 g/mol. The molecule has 1 heterocycles. The number of nitrogens with one attached hydrogen (secondary N) is 2. The Kier molecular flexibility index (Phi) is 13.2. The second kappa shape index (κ2) is 13.8. The highest BCUT2D eigenvalue weighted by molar-refractivity contribution is 14.0. The van der Waals surface area contributed by atoms with Crippen LogP contribution in [0.25, 0.3) is 0 Å². The predicted octanol–water partition coefficient (Wildman–Crippen LogP) is 1.15. The summed E-state index contributed by atoms with van der Waals surface area (Å²) in [5.41, 5.74) is 1.12. The molecule has 2 N–H and O–H groups in total. The van der Waals surface area contributed by atoms with Gasteiger partial charge in [-0.25, -0.2) is 0 Å². The lowest BCUT2D eigenvalue weighted by atomic mass is 10.3. The number of hydrogen-bond donors (Lipinski definition) is 2. The Labute approximate surface area is 149 Å². The fourth-order valence-electron chi connectivity index (χ4n) is 1.75. The molecule has 0 atom stereocenters. The van der Waals surface area contributed by atoms with Crippen molar-refractivity contribution in [2.24, 2.45) is 12.0 Å². The molecule has 0 spiro atoms. The topological polar surface area (TPSA) is 72.7 Å². The van der Waals surface area contributed by atoms with Crippen molar-refractivity contribution in [1.82, 2.24) is 20.4 Å². The summed E-state index contributed by atoms with van der Waals surface area (Å²) in [6.07, 6.45) is 3.85. The van der Waals surface area contributed by atoms with Crippen LogP contribution < -0.4 is 10.6 Å². The van der Waals surface area contributed by atoms with Crippen LogP contribution in [0.3, 0.4) is 0 Å². The number of aryl methyl sites for hydroxylation is 1. The average molecular weight is 425 g/mol. The fraction of sp³-hybridized carbons (Fsp3) is 0.714. The lowest BCUT2D eigenvalue weighted by Gasteiger charge is -2.12. The molecular formula is C14H28IN5O2. The minimum absolute atomic E-state index is 0. The van der Waals surface area contributed by atoms with Crippen molar-refractivity contribution in [3.63, 3.8) is 0 Å². The molecule has 0 saturated heterocycles. The smallest absolute Gasteiger partial charge is 0.191 e. The summed E-state index contributed by atoms with van der Waals surface area (Å²) in [6.45, 7) is 3.67. The van der Waals surface area contributed by atoms with Gasteiger partial charge in [0.15, 0.2) is 5.96 Å². The third kappa shape index (κ3) is 9.21. The van der Waals surface area contributed by atoms with E-state index in [-0.39, 0.29) is 24.0 Å². The Morgan fingerprint density at radius 3 is 2.73 bits per heavy atom. The minimum atomic E-state index is 0. The number of nitrogens with zero attached hydrogens (tertiary/aromatic N) is 3. The molecule has 1 rings (SSSR count). The van der Waals surface area contributed by atoms with E-state index in [4.69, 9.17) is 9.47 Å². The zero-order valence-electron chi connectivity index (χ0n) is 13.7. The second-order valence-electron chi connectivity index (χ2n) is 4.61. The first-order chi connectivity index (χ1) is 10.3. The van der Waals surface area contributed by atoms with E-state index in [9.17, 15) is 0 Å². The minimum Gasteiger partial charge on any atom is -0.382 e. The van der Waals surface area contributed by atoms with E-state index in [2.05, 4.69) is 20.7 Å². The summed E-state index contributed by atoms with van der Waals surface area (Å²) in [5.74, 6) is 0.802. The van der Waals surface area contributed by atoms with E-state index in [0.717, 1.165) is 37.6 Å². The molecule has 0 saturated carbocycles. The van der Waals surface area contributed by atoms with Crippen molar-refractivity contribution in [1.29, 1.82) is 0 Å². The number of halogens is 1. The zero-order chi connectivity index (χ0) is 15.3. The highest BCUT2D eigenvalue weighted by atomic mass is 127. The van der Waals surface area contributed by atoms with Gasteiger partial charge in [-0.15, -0.1) is 24.0 Å². The van der Waals surface area contributed by atoms with Gasteiger partial charge in [0.25, 0.3) is 0 Å². The van der Waals surface area contributed by atoms with Gasteiger partial charge in [-0.1, -0.05) is 0 Å². The van der Waals surface area contributed by atoms with Gasteiger partial charge in [0, 0.05) is 40.6 Å². The maximum absolute atomic E-state index is 5.41. The van der Waals surface area contributed by atoms with Crippen molar-refractivity contribution >= 4 is 29.9 Å². The Balaban J connectivity index is 0.00000441. The third-order valence-electron chi connectivity index (χ3n) is 3.02. The molecule has 22 heavy (non-hydrogen) atoms. The molecule has 1 aromatic rings. The summed E-state index contributed by atoms with van der Waals surface area (Å²) in [4.78, 5) is 4.19. The molecule has 0 aliphatic rings. The molecule has 0 aliphatic carbocycles. The second-order valence-corrected chi connectivity index (χ2v) is 4.61. The summed E-state index contributed by atoms with van der Waals surface area (Å²) >= 11 is 0. The van der Waals surface area contributed by atoms with Crippen LogP contribution in [0.1, 0.15) is 18.5 Å². The summed E-state index contributed by atoms with van der Waals surface area (Å²) in [7, 11) is 5.38. The maximum Gasteiger partial charge on any atom is 0.191 e. The molecule has 0 radical (unpaired) electrons. The molecule has 0 bridgehead atoms. The van der Waals surface area contributed by atoms with Gasteiger partial charge in [0.2, 0.25) is 0 Å². The van der Waals surface area contributed by atoms with Crippen LogP contribution in [0.15, 0.2) is 17.3 Å². The summed E-state index contributed by atoms with van der Waals surface area (Å²) in [6, 6.07) is 1.98. The maximum atomic E-state index is 5.41. The normalized spacial score (nSPS) is 11.1. The van der Waals surface area contributed by atoms with Crippen LogP contribution >= 0.6 is 24.0 Å². The van der Waals surface area contributed by atoms with Crippen molar-refractivity contribution in [3.05, 3.63) is 18.0 Å². The molecule has 0 fully saturated rings. The number of aliphatic imine (C=N–C) groups is 1. The van der Waals surface area contributed by atoms with Crippen LogP contribution in [0.2, 0.25) is 0 Å². The van der Waals surface area contributed by atoms with Crippen LogP contribution in [0, 0.1) is 0 Å². The largest absolute Gasteiger partial charge is 0.382 e. The Morgan fingerprint density at radius 2 is 2.09 bits per heavy atom. The van der Waals surface area contributed by atoms with Crippen LogP contribution in [0.5, 0.6) is 0 Å². The molecule has 8 heteroatoms. The average Bonchev–Trinajstić information content (AvgIpc) is 2.90. The summed E-state index contributed by atoms with van der Waals surface area (Å²) in [5, 5.41) is 10.7. The summed E-state index contributed by atoms with van der Waals surface area (Å²) < 4.78 is 12.2. The third-order valence-corrected chi connectivity index (χ3v) is 3.02.